The topological polar surface area (TPSA) is 41.6 Å². The summed E-state index contributed by atoms with van der Waals surface area (Å²) in [5.41, 5.74) is 2.27. The highest BCUT2D eigenvalue weighted by Gasteiger charge is 2.11. The van der Waals surface area contributed by atoms with Crippen molar-refractivity contribution in [1.29, 1.82) is 0 Å². The molecule has 2 aliphatic heterocycles. The van der Waals surface area contributed by atoms with Crippen LogP contribution >= 0.6 is 0 Å². The van der Waals surface area contributed by atoms with E-state index in [-0.39, 0.29) is 5.82 Å². The van der Waals surface area contributed by atoms with Crippen LogP contribution in [0.3, 0.4) is 0 Å². The fourth-order valence-electron chi connectivity index (χ4n) is 1.61. The lowest BCUT2D eigenvalue weighted by Crippen LogP contribution is -1.81. The number of imidazole rings is 1. The summed E-state index contributed by atoms with van der Waals surface area (Å²) in [5.74, 6) is 0.270. The summed E-state index contributed by atoms with van der Waals surface area (Å²) < 4.78 is 13.0. The molecule has 0 amide bonds. The molecule has 78 valence electrons. The van der Waals surface area contributed by atoms with E-state index in [1.807, 2.05) is 6.07 Å². The van der Waals surface area contributed by atoms with E-state index in [0.29, 0.717) is 11.4 Å². The Labute approximate surface area is 91.3 Å². The molecule has 0 aliphatic carbocycles. The monoisotopic (exact) mass is 213 g/mol. The van der Waals surface area contributed by atoms with Gasteiger partial charge in [0.1, 0.15) is 11.5 Å². The number of H-pyrrole nitrogens is 1. The molecule has 4 heteroatoms. The number of benzene rings is 1. The van der Waals surface area contributed by atoms with Gasteiger partial charge in [-0.15, -0.1) is 0 Å². The Bertz CT molecular complexity index is 573. The third kappa shape index (κ3) is 1.44. The second kappa shape index (κ2) is 3.41. The molecular formula is C12H8FN3. The zero-order valence-electron chi connectivity index (χ0n) is 8.31. The zero-order chi connectivity index (χ0) is 11.0. The maximum absolute atomic E-state index is 13.0. The lowest BCUT2D eigenvalue weighted by molar-refractivity contribution is 0.628. The minimum absolute atomic E-state index is 0.280. The number of pyridine rings is 1. The Morgan fingerprint density at radius 2 is 1.94 bits per heavy atom. The molecule has 0 fully saturated rings. The lowest BCUT2D eigenvalue weighted by atomic mass is 10.2. The lowest BCUT2D eigenvalue weighted by Gasteiger charge is -1.93. The van der Waals surface area contributed by atoms with Crippen molar-refractivity contribution < 1.29 is 4.39 Å². The van der Waals surface area contributed by atoms with Crippen molar-refractivity contribution in [3.8, 4) is 22.8 Å². The molecule has 0 saturated carbocycles. The van der Waals surface area contributed by atoms with Gasteiger partial charge < -0.3 is 4.98 Å². The number of hydrogen-bond acceptors (Lipinski definition) is 2. The molecular weight excluding hydrogens is 205 g/mol. The Kier molecular flexibility index (Phi) is 1.93. The van der Waals surface area contributed by atoms with Gasteiger partial charge in [-0.3, -0.25) is 0 Å². The van der Waals surface area contributed by atoms with E-state index >= 15 is 0 Å². The van der Waals surface area contributed by atoms with Crippen molar-refractivity contribution in [2.75, 3.05) is 0 Å². The van der Waals surface area contributed by atoms with Crippen molar-refractivity contribution in [2.24, 2.45) is 0 Å². The number of fused-ring (bicyclic) bond motifs is 1. The largest absolute Gasteiger partial charge is 0.366 e. The Hall–Kier alpha value is -2.23. The van der Waals surface area contributed by atoms with Crippen LogP contribution in [-0.2, 0) is 0 Å². The number of rotatable bonds is 1. The van der Waals surface area contributed by atoms with Crippen LogP contribution in [0.25, 0.3) is 22.8 Å². The summed E-state index contributed by atoms with van der Waals surface area (Å²) in [5, 5.41) is 0. The number of aromatic nitrogens is 3. The minimum atomic E-state index is -0.280. The molecule has 3 nitrogen and oxygen atoms in total. The van der Waals surface area contributed by atoms with E-state index in [9.17, 15) is 4.39 Å². The van der Waals surface area contributed by atoms with E-state index < -0.39 is 0 Å². The Morgan fingerprint density at radius 3 is 2.75 bits per heavy atom. The van der Waals surface area contributed by atoms with Crippen molar-refractivity contribution in [3.63, 3.8) is 0 Å². The van der Waals surface area contributed by atoms with Crippen LogP contribution in [0.5, 0.6) is 0 Å². The first-order valence-electron chi connectivity index (χ1n) is 4.89. The van der Waals surface area contributed by atoms with Crippen molar-refractivity contribution >= 4 is 0 Å². The second-order valence-electron chi connectivity index (χ2n) is 3.47. The SMILES string of the molecule is Fc1cccc(-c2nc3cc[nH]cc-3n2)c1. The molecule has 1 aromatic carbocycles. The highest BCUT2D eigenvalue weighted by Crippen LogP contribution is 2.23. The molecule has 0 radical (unpaired) electrons. The average molecular weight is 213 g/mol. The van der Waals surface area contributed by atoms with Crippen LogP contribution in [0.15, 0.2) is 42.7 Å². The number of halogens is 1. The molecule has 3 rings (SSSR count). The molecule has 2 aliphatic rings. The first-order valence-corrected chi connectivity index (χ1v) is 4.89. The Morgan fingerprint density at radius 1 is 1.06 bits per heavy atom. The van der Waals surface area contributed by atoms with Gasteiger partial charge >= 0.3 is 0 Å². The molecule has 1 N–H and O–H groups in total. The first-order chi connectivity index (χ1) is 7.83. The quantitative estimate of drug-likeness (QED) is 0.675. The maximum atomic E-state index is 13.0. The van der Waals surface area contributed by atoms with E-state index in [0.717, 1.165) is 11.4 Å². The standard InChI is InChI=1S/C12H8FN3/c13-9-3-1-2-8(6-9)12-15-10-4-5-14-7-11(10)16-12/h1-7,14H. The van der Waals surface area contributed by atoms with Gasteiger partial charge in [-0.25, -0.2) is 14.4 Å². The minimum Gasteiger partial charge on any atom is -0.366 e. The van der Waals surface area contributed by atoms with Crippen LogP contribution in [0.4, 0.5) is 4.39 Å². The summed E-state index contributed by atoms with van der Waals surface area (Å²) in [4.78, 5) is 11.6. The molecule has 1 aromatic rings. The van der Waals surface area contributed by atoms with Gasteiger partial charge in [0.05, 0.1) is 5.69 Å². The van der Waals surface area contributed by atoms with Crippen LogP contribution in [0, 0.1) is 5.82 Å². The average Bonchev–Trinajstić information content (AvgIpc) is 2.72. The van der Waals surface area contributed by atoms with Crippen LogP contribution in [0.1, 0.15) is 0 Å². The predicted octanol–water partition coefficient (Wildman–Crippen LogP) is 2.72. The highest BCUT2D eigenvalue weighted by molar-refractivity contribution is 5.65. The predicted molar refractivity (Wildman–Crippen MR) is 58.4 cm³/mol. The molecule has 16 heavy (non-hydrogen) atoms. The number of aromatic amines is 1. The van der Waals surface area contributed by atoms with E-state index in [1.165, 1.54) is 12.1 Å². The zero-order valence-corrected chi connectivity index (χ0v) is 8.31. The smallest absolute Gasteiger partial charge is 0.160 e. The third-order valence-electron chi connectivity index (χ3n) is 2.36. The Balaban J connectivity index is 2.17. The summed E-state index contributed by atoms with van der Waals surface area (Å²) in [6.45, 7) is 0. The van der Waals surface area contributed by atoms with Crippen molar-refractivity contribution in [2.45, 2.75) is 0 Å². The fraction of sp³-hybridized carbons (Fsp3) is 0. The van der Waals surface area contributed by atoms with Gasteiger partial charge in [-0.1, -0.05) is 12.1 Å². The van der Waals surface area contributed by atoms with Gasteiger partial charge in [-0.05, 0) is 18.2 Å². The highest BCUT2D eigenvalue weighted by atomic mass is 19.1. The molecule has 0 bridgehead atoms. The van der Waals surface area contributed by atoms with Gasteiger partial charge in [0, 0.05) is 18.0 Å². The van der Waals surface area contributed by atoms with E-state index in [1.54, 1.807) is 24.5 Å². The van der Waals surface area contributed by atoms with E-state index in [2.05, 4.69) is 15.0 Å². The van der Waals surface area contributed by atoms with Crippen LogP contribution in [-0.4, -0.2) is 15.0 Å². The van der Waals surface area contributed by atoms with Crippen molar-refractivity contribution in [1.82, 2.24) is 15.0 Å². The summed E-state index contributed by atoms with van der Waals surface area (Å²) >= 11 is 0. The fourth-order valence-corrected chi connectivity index (χ4v) is 1.61. The first kappa shape index (κ1) is 9.03. The molecule has 0 aromatic heterocycles. The van der Waals surface area contributed by atoms with Gasteiger partial charge in [0.2, 0.25) is 0 Å². The normalized spacial score (nSPS) is 10.8. The second-order valence-corrected chi connectivity index (χ2v) is 3.47. The number of nitrogens with one attached hydrogen (secondary N) is 1. The molecule has 0 atom stereocenters. The number of nitrogens with zero attached hydrogens (tertiary/aromatic N) is 2. The summed E-state index contributed by atoms with van der Waals surface area (Å²) in [6, 6.07) is 8.11. The maximum Gasteiger partial charge on any atom is 0.160 e. The van der Waals surface area contributed by atoms with Gasteiger partial charge in [-0.2, -0.15) is 0 Å². The summed E-state index contributed by atoms with van der Waals surface area (Å²) in [7, 11) is 0. The summed E-state index contributed by atoms with van der Waals surface area (Å²) in [6.07, 6.45) is 3.55. The molecule has 0 saturated heterocycles. The molecule has 0 spiro atoms. The van der Waals surface area contributed by atoms with Gasteiger partial charge in [0.25, 0.3) is 0 Å². The molecule has 2 heterocycles. The van der Waals surface area contributed by atoms with Gasteiger partial charge in [0.15, 0.2) is 5.82 Å². The number of hydrogen-bond donors (Lipinski definition) is 1. The van der Waals surface area contributed by atoms with Crippen LogP contribution < -0.4 is 0 Å². The van der Waals surface area contributed by atoms with Crippen LogP contribution in [0.2, 0.25) is 0 Å². The van der Waals surface area contributed by atoms with Crippen molar-refractivity contribution in [3.05, 3.63) is 48.5 Å². The molecule has 0 unspecified atom stereocenters. The van der Waals surface area contributed by atoms with E-state index in [4.69, 9.17) is 0 Å². The third-order valence-corrected chi connectivity index (χ3v) is 2.36.